The van der Waals surface area contributed by atoms with Gasteiger partial charge >= 0.3 is 5.63 Å². The van der Waals surface area contributed by atoms with Crippen molar-refractivity contribution in [1.29, 1.82) is 0 Å². The minimum atomic E-state index is -0.605. The molecule has 0 saturated carbocycles. The predicted octanol–water partition coefficient (Wildman–Crippen LogP) is 3.26. The summed E-state index contributed by atoms with van der Waals surface area (Å²) in [7, 11) is 0. The smallest absolute Gasteiger partial charge is 0.360 e. The summed E-state index contributed by atoms with van der Waals surface area (Å²) in [6, 6.07) is 13.8. The highest BCUT2D eigenvalue weighted by Gasteiger charge is 2.10. The molecule has 0 unspecified atom stereocenters. The van der Waals surface area contributed by atoms with Crippen LogP contribution in [0.3, 0.4) is 0 Å². The van der Waals surface area contributed by atoms with Gasteiger partial charge in [-0.1, -0.05) is 17.7 Å². The van der Waals surface area contributed by atoms with Gasteiger partial charge in [0.25, 0.3) is 5.91 Å². The number of carbonyl (C=O) groups excluding carboxylic acids is 1. The largest absolute Gasteiger partial charge is 0.421 e. The van der Waals surface area contributed by atoms with E-state index in [-0.39, 0.29) is 11.6 Å². The van der Waals surface area contributed by atoms with Crippen molar-refractivity contribution >= 4 is 11.6 Å². The lowest BCUT2D eigenvalue weighted by atomic mass is 10.1. The molecule has 2 heterocycles. The summed E-state index contributed by atoms with van der Waals surface area (Å²) in [5, 5.41) is 2.56. The Morgan fingerprint density at radius 1 is 1.09 bits per heavy atom. The van der Waals surface area contributed by atoms with Crippen molar-refractivity contribution in [3.05, 3.63) is 82.5 Å². The maximum absolute atomic E-state index is 12.1. The molecule has 0 saturated heterocycles. The molecule has 114 valence electrons. The summed E-state index contributed by atoms with van der Waals surface area (Å²) >= 11 is 0. The fraction of sp³-hybridized carbons (Fsp3) is 0.0556. The molecule has 0 radical (unpaired) electrons. The van der Waals surface area contributed by atoms with E-state index in [0.717, 1.165) is 5.56 Å². The number of nitrogens with zero attached hydrogens (tertiary/aromatic N) is 1. The van der Waals surface area contributed by atoms with Gasteiger partial charge in [0.1, 0.15) is 11.4 Å². The minimum absolute atomic E-state index is 0.100. The van der Waals surface area contributed by atoms with Crippen LogP contribution in [0, 0.1) is 6.92 Å². The highest BCUT2D eigenvalue weighted by atomic mass is 16.4. The van der Waals surface area contributed by atoms with Gasteiger partial charge in [-0.15, -0.1) is 0 Å². The van der Waals surface area contributed by atoms with Crippen LogP contribution in [0.25, 0.3) is 11.3 Å². The van der Waals surface area contributed by atoms with Gasteiger partial charge in [0, 0.05) is 23.5 Å². The van der Waals surface area contributed by atoms with Crippen molar-refractivity contribution in [3.8, 4) is 11.3 Å². The second-order valence-corrected chi connectivity index (χ2v) is 5.06. The van der Waals surface area contributed by atoms with E-state index in [4.69, 9.17) is 4.42 Å². The number of amides is 1. The summed E-state index contributed by atoms with van der Waals surface area (Å²) in [5.41, 5.74) is 1.73. The zero-order chi connectivity index (χ0) is 16.2. The molecule has 5 heteroatoms. The molecule has 0 fully saturated rings. The van der Waals surface area contributed by atoms with Gasteiger partial charge in [-0.05, 0) is 43.3 Å². The van der Waals surface area contributed by atoms with E-state index in [1.165, 1.54) is 6.07 Å². The van der Waals surface area contributed by atoms with Crippen LogP contribution in [0.4, 0.5) is 5.69 Å². The predicted molar refractivity (Wildman–Crippen MR) is 87.3 cm³/mol. The number of hydrogen-bond acceptors (Lipinski definition) is 4. The third-order valence-corrected chi connectivity index (χ3v) is 3.33. The average molecular weight is 306 g/mol. The number of anilines is 1. The standard InChI is InChI=1S/C18H14N2O3/c1-12-4-6-13(7-5-12)17(21)20-15-8-9-16(23-18(15)22)14-3-2-10-19-11-14/h2-11H,1H3,(H,20,21). The number of benzene rings is 1. The van der Waals surface area contributed by atoms with Crippen molar-refractivity contribution in [2.24, 2.45) is 0 Å². The summed E-state index contributed by atoms with van der Waals surface area (Å²) in [6.45, 7) is 1.94. The summed E-state index contributed by atoms with van der Waals surface area (Å²) in [5.74, 6) is 0.0443. The second-order valence-electron chi connectivity index (χ2n) is 5.06. The van der Waals surface area contributed by atoms with E-state index < -0.39 is 5.63 Å². The van der Waals surface area contributed by atoms with E-state index in [2.05, 4.69) is 10.3 Å². The monoisotopic (exact) mass is 306 g/mol. The zero-order valence-electron chi connectivity index (χ0n) is 12.4. The highest BCUT2D eigenvalue weighted by molar-refractivity contribution is 6.04. The van der Waals surface area contributed by atoms with Crippen molar-refractivity contribution in [1.82, 2.24) is 4.98 Å². The molecular formula is C18H14N2O3. The minimum Gasteiger partial charge on any atom is -0.421 e. The fourth-order valence-corrected chi connectivity index (χ4v) is 2.07. The van der Waals surface area contributed by atoms with Gasteiger partial charge in [-0.25, -0.2) is 4.79 Å². The number of rotatable bonds is 3. The first kappa shape index (κ1) is 14.7. The molecule has 1 amide bonds. The molecule has 2 aromatic heterocycles. The molecule has 1 aromatic carbocycles. The number of aryl methyl sites for hydroxylation is 1. The highest BCUT2D eigenvalue weighted by Crippen LogP contribution is 2.17. The molecule has 3 aromatic rings. The second kappa shape index (κ2) is 6.27. The summed E-state index contributed by atoms with van der Waals surface area (Å²) < 4.78 is 5.24. The Morgan fingerprint density at radius 2 is 1.87 bits per heavy atom. The van der Waals surface area contributed by atoms with Crippen molar-refractivity contribution < 1.29 is 9.21 Å². The molecule has 23 heavy (non-hydrogen) atoms. The zero-order valence-corrected chi connectivity index (χ0v) is 12.4. The molecule has 0 spiro atoms. The molecule has 0 aliphatic carbocycles. The van der Waals surface area contributed by atoms with Crippen LogP contribution in [-0.4, -0.2) is 10.9 Å². The van der Waals surface area contributed by atoms with Crippen LogP contribution < -0.4 is 10.9 Å². The average Bonchev–Trinajstić information content (AvgIpc) is 2.58. The van der Waals surface area contributed by atoms with E-state index in [9.17, 15) is 9.59 Å². The first-order chi connectivity index (χ1) is 11.1. The number of pyridine rings is 1. The molecule has 5 nitrogen and oxygen atoms in total. The Balaban J connectivity index is 1.83. The number of aromatic nitrogens is 1. The number of hydrogen-bond donors (Lipinski definition) is 1. The van der Waals surface area contributed by atoms with Gasteiger partial charge in [0.2, 0.25) is 0 Å². The molecular weight excluding hydrogens is 292 g/mol. The van der Waals surface area contributed by atoms with E-state index in [0.29, 0.717) is 16.9 Å². The van der Waals surface area contributed by atoms with Gasteiger partial charge in [-0.2, -0.15) is 0 Å². The lowest BCUT2D eigenvalue weighted by molar-refractivity contribution is 0.102. The van der Waals surface area contributed by atoms with E-state index >= 15 is 0 Å². The van der Waals surface area contributed by atoms with Crippen LogP contribution in [0.5, 0.6) is 0 Å². The van der Waals surface area contributed by atoms with E-state index in [1.54, 1.807) is 42.7 Å². The fourth-order valence-electron chi connectivity index (χ4n) is 2.07. The molecule has 1 N–H and O–H groups in total. The van der Waals surface area contributed by atoms with Crippen LogP contribution in [0.1, 0.15) is 15.9 Å². The first-order valence-electron chi connectivity index (χ1n) is 7.06. The van der Waals surface area contributed by atoms with Crippen LogP contribution >= 0.6 is 0 Å². The van der Waals surface area contributed by atoms with Crippen molar-refractivity contribution in [2.75, 3.05) is 5.32 Å². The third kappa shape index (κ3) is 3.35. The topological polar surface area (TPSA) is 72.2 Å². The molecule has 0 bridgehead atoms. The van der Waals surface area contributed by atoms with Crippen LogP contribution in [0.2, 0.25) is 0 Å². The van der Waals surface area contributed by atoms with Crippen LogP contribution in [-0.2, 0) is 0 Å². The van der Waals surface area contributed by atoms with Gasteiger partial charge in [0.05, 0.1) is 0 Å². The maximum atomic E-state index is 12.1. The Labute approximate surface area is 132 Å². The Bertz CT molecular complexity index is 884. The van der Waals surface area contributed by atoms with Crippen molar-refractivity contribution in [3.63, 3.8) is 0 Å². The molecule has 0 aliphatic heterocycles. The lowest BCUT2D eigenvalue weighted by Crippen LogP contribution is -2.17. The van der Waals surface area contributed by atoms with Gasteiger partial charge in [0.15, 0.2) is 0 Å². The molecule has 0 atom stereocenters. The van der Waals surface area contributed by atoms with Gasteiger partial charge in [-0.3, -0.25) is 9.78 Å². The number of nitrogens with one attached hydrogen (secondary N) is 1. The van der Waals surface area contributed by atoms with Gasteiger partial charge < -0.3 is 9.73 Å². The molecule has 0 aliphatic rings. The van der Waals surface area contributed by atoms with E-state index in [1.807, 2.05) is 19.1 Å². The first-order valence-corrected chi connectivity index (χ1v) is 7.06. The maximum Gasteiger partial charge on any atom is 0.360 e. The Morgan fingerprint density at radius 3 is 2.52 bits per heavy atom. The summed E-state index contributed by atoms with van der Waals surface area (Å²) in [6.07, 6.45) is 3.24. The molecule has 3 rings (SSSR count). The SMILES string of the molecule is Cc1ccc(C(=O)Nc2ccc(-c3cccnc3)oc2=O)cc1. The van der Waals surface area contributed by atoms with Crippen molar-refractivity contribution in [2.45, 2.75) is 6.92 Å². The lowest BCUT2D eigenvalue weighted by Gasteiger charge is -2.05. The normalized spacial score (nSPS) is 10.3. The quantitative estimate of drug-likeness (QED) is 0.806. The van der Waals surface area contributed by atoms with Crippen LogP contribution in [0.15, 0.2) is 70.1 Å². The third-order valence-electron chi connectivity index (χ3n) is 3.33. The Hall–Kier alpha value is -3.21. The Kier molecular flexibility index (Phi) is 4.01. The number of carbonyl (C=O) groups is 1. The summed E-state index contributed by atoms with van der Waals surface area (Å²) in [4.78, 5) is 28.1.